The van der Waals surface area contributed by atoms with Crippen molar-refractivity contribution in [3.63, 3.8) is 0 Å². The van der Waals surface area contributed by atoms with Gasteiger partial charge in [0.25, 0.3) is 14.9 Å². The number of aliphatic hydroxyl groups excluding tert-OH is 1. The number of oxazole rings is 1. The Hall–Kier alpha value is -3.34. The minimum atomic E-state index is -2.08. The van der Waals surface area contributed by atoms with Gasteiger partial charge in [-0.3, -0.25) is 4.79 Å². The van der Waals surface area contributed by atoms with Crippen LogP contribution in [0.15, 0.2) is 119 Å². The van der Waals surface area contributed by atoms with Crippen molar-refractivity contribution in [2.24, 2.45) is 5.92 Å². The summed E-state index contributed by atoms with van der Waals surface area (Å²) in [5.74, 6) is 0.461. The van der Waals surface area contributed by atoms with Gasteiger partial charge in [0.15, 0.2) is 12.1 Å². The number of aromatic nitrogens is 1. The summed E-state index contributed by atoms with van der Waals surface area (Å²) in [5, 5.41) is 12.7. The number of amides is 1. The Kier molecular flexibility index (Phi) is 10.6. The van der Waals surface area contributed by atoms with Gasteiger partial charge in [0.2, 0.25) is 0 Å². The van der Waals surface area contributed by atoms with Gasteiger partial charge in [-0.15, -0.1) is 0 Å². The number of aliphatic hydroxyl groups is 1. The molecule has 6 rings (SSSR count). The Morgan fingerprint density at radius 3 is 2.09 bits per heavy atom. The number of nitrogens with one attached hydrogen (secondary N) is 1. The molecule has 1 aromatic heterocycles. The molecular weight excluding hydrogens is 679 g/mol. The summed E-state index contributed by atoms with van der Waals surface area (Å²) in [7, 11) is 0. The normalized spacial score (nSPS) is 19.8. The molecule has 0 spiro atoms. The van der Waals surface area contributed by atoms with Crippen molar-refractivity contribution in [3.05, 3.63) is 126 Å². The summed E-state index contributed by atoms with van der Waals surface area (Å²) in [4.78, 5) is 17.0. The van der Waals surface area contributed by atoms with E-state index in [1.54, 1.807) is 24.3 Å². The van der Waals surface area contributed by atoms with E-state index in [9.17, 15) is 9.90 Å². The first-order valence-electron chi connectivity index (χ1n) is 14.9. The maximum atomic E-state index is 12.1. The fourth-order valence-corrected chi connectivity index (χ4v) is 6.46. The summed E-state index contributed by atoms with van der Waals surface area (Å²) in [6.45, 7) is 2.06. The molecule has 4 aromatic carbocycles. The number of carbonyl (C=O) groups excluding carboxylic acids is 1. The lowest BCUT2D eigenvalue weighted by atomic mass is 9.91. The lowest BCUT2D eigenvalue weighted by Crippen LogP contribution is -2.38. The third-order valence-corrected chi connectivity index (χ3v) is 9.32. The van der Waals surface area contributed by atoms with E-state index in [1.165, 1.54) is 11.8 Å². The number of benzene rings is 4. The van der Waals surface area contributed by atoms with E-state index >= 15 is 0 Å². The molecule has 1 aliphatic rings. The molecular formula is C36H31Cl3N2O5S. The van der Waals surface area contributed by atoms with Gasteiger partial charge in [-0.1, -0.05) is 151 Å². The number of ether oxygens (including phenoxy) is 2. The maximum Gasteiger partial charge on any atom is 0.276 e. The topological polar surface area (TPSA) is 93.8 Å². The number of alkyl halides is 3. The summed E-state index contributed by atoms with van der Waals surface area (Å²) < 4.78 is 17.4. The SMILES string of the molecule is C[C@H]1[C@@H](CSc2nc(-c3ccccc3)c(-c3ccccc3)o2)O[C@@H](c2ccc(NC(=O)C(Cl)(Cl)Cl)cc2)O[C@H]1c1ccc(CO)cc1. The molecule has 0 bridgehead atoms. The fraction of sp³-hybridized carbons (Fsp3) is 0.222. The second-order valence-electron chi connectivity index (χ2n) is 11.1. The van der Waals surface area contributed by atoms with Crippen molar-refractivity contribution in [2.75, 3.05) is 11.1 Å². The number of hydrogen-bond acceptors (Lipinski definition) is 7. The van der Waals surface area contributed by atoms with E-state index in [-0.39, 0.29) is 24.7 Å². The number of carbonyl (C=O) groups is 1. The summed E-state index contributed by atoms with van der Waals surface area (Å²) >= 11 is 18.6. The Labute approximate surface area is 292 Å². The van der Waals surface area contributed by atoms with Crippen LogP contribution in [0.1, 0.15) is 36.0 Å². The van der Waals surface area contributed by atoms with Crippen molar-refractivity contribution in [3.8, 4) is 22.6 Å². The standard InChI is InChI=1S/C36H31Cl3N2O5S/c1-22-29(21-47-35-41-30(24-8-4-2-5-9-24)32(46-35)25-10-6-3-7-11-25)44-33(45-31(22)26-14-12-23(20-42)13-15-26)27-16-18-28(19-17-27)40-34(43)36(37,38)39/h2-19,22,29,31,33,42H,20-21H2,1H3,(H,40,43)/t22-,29+,31+,33+/m0/s1. The van der Waals surface area contributed by atoms with Crippen LogP contribution < -0.4 is 5.32 Å². The van der Waals surface area contributed by atoms with Crippen LogP contribution in [0.2, 0.25) is 0 Å². The fourth-order valence-electron chi connectivity index (χ4n) is 5.33. The van der Waals surface area contributed by atoms with Crippen molar-refractivity contribution >= 4 is 58.2 Å². The maximum absolute atomic E-state index is 12.1. The molecule has 1 amide bonds. The van der Waals surface area contributed by atoms with Crippen molar-refractivity contribution in [2.45, 2.75) is 41.0 Å². The number of anilines is 1. The summed E-state index contributed by atoms with van der Waals surface area (Å²) in [6, 6.07) is 34.7. The van der Waals surface area contributed by atoms with Gasteiger partial charge < -0.3 is 24.3 Å². The minimum absolute atomic E-state index is 0.0421. The van der Waals surface area contributed by atoms with Crippen LogP contribution >= 0.6 is 46.6 Å². The molecule has 0 radical (unpaired) electrons. The van der Waals surface area contributed by atoms with Gasteiger partial charge in [0, 0.05) is 34.0 Å². The Balaban J connectivity index is 1.26. The molecule has 5 aromatic rings. The van der Waals surface area contributed by atoms with Gasteiger partial charge in [-0.05, 0) is 23.3 Å². The van der Waals surface area contributed by atoms with E-state index in [0.29, 0.717) is 22.4 Å². The van der Waals surface area contributed by atoms with Crippen LogP contribution in [0.4, 0.5) is 5.69 Å². The molecule has 47 heavy (non-hydrogen) atoms. The van der Waals surface area contributed by atoms with Crippen molar-refractivity contribution < 1.29 is 23.8 Å². The lowest BCUT2D eigenvalue weighted by molar-refractivity contribution is -0.268. The highest BCUT2D eigenvalue weighted by Crippen LogP contribution is 2.44. The van der Waals surface area contributed by atoms with Gasteiger partial charge in [0.1, 0.15) is 5.69 Å². The van der Waals surface area contributed by atoms with Crippen LogP contribution in [-0.4, -0.2) is 31.6 Å². The summed E-state index contributed by atoms with van der Waals surface area (Å²) in [6.07, 6.45) is -1.26. The molecule has 0 saturated carbocycles. The zero-order valence-corrected chi connectivity index (χ0v) is 28.3. The number of nitrogens with zero attached hydrogens (tertiary/aromatic N) is 1. The molecule has 0 unspecified atom stereocenters. The van der Waals surface area contributed by atoms with Crippen LogP contribution in [0.3, 0.4) is 0 Å². The lowest BCUT2D eigenvalue weighted by Gasteiger charge is -2.41. The van der Waals surface area contributed by atoms with Gasteiger partial charge in [-0.2, -0.15) is 0 Å². The average molecular weight is 710 g/mol. The first kappa shape index (κ1) is 33.6. The van der Waals surface area contributed by atoms with E-state index in [0.717, 1.165) is 33.5 Å². The van der Waals surface area contributed by atoms with Crippen molar-refractivity contribution in [1.82, 2.24) is 4.98 Å². The summed E-state index contributed by atoms with van der Waals surface area (Å²) in [5.41, 5.74) is 5.70. The number of halogens is 3. The Bertz CT molecular complexity index is 1730. The molecule has 2 N–H and O–H groups in total. The van der Waals surface area contributed by atoms with Crippen LogP contribution in [-0.2, 0) is 20.9 Å². The number of thioether (sulfide) groups is 1. The zero-order chi connectivity index (χ0) is 33.0. The molecule has 1 fully saturated rings. The Morgan fingerprint density at radius 2 is 1.47 bits per heavy atom. The number of rotatable bonds is 9. The molecule has 4 atom stereocenters. The first-order chi connectivity index (χ1) is 22.7. The molecule has 11 heteroatoms. The second kappa shape index (κ2) is 14.8. The van der Waals surface area contributed by atoms with E-state index < -0.39 is 16.0 Å². The van der Waals surface area contributed by atoms with E-state index in [2.05, 4.69) is 12.2 Å². The predicted molar refractivity (Wildman–Crippen MR) is 186 cm³/mol. The highest BCUT2D eigenvalue weighted by atomic mass is 35.6. The smallest absolute Gasteiger partial charge is 0.276 e. The highest BCUT2D eigenvalue weighted by Gasteiger charge is 2.39. The van der Waals surface area contributed by atoms with E-state index in [4.69, 9.17) is 53.7 Å². The molecule has 1 saturated heterocycles. The Morgan fingerprint density at radius 1 is 0.851 bits per heavy atom. The predicted octanol–water partition coefficient (Wildman–Crippen LogP) is 9.39. The minimum Gasteiger partial charge on any atom is -0.431 e. The quantitative estimate of drug-likeness (QED) is 0.116. The van der Waals surface area contributed by atoms with Crippen LogP contribution in [0.25, 0.3) is 22.6 Å². The van der Waals surface area contributed by atoms with Gasteiger partial charge in [-0.25, -0.2) is 4.98 Å². The van der Waals surface area contributed by atoms with Gasteiger partial charge >= 0.3 is 0 Å². The zero-order valence-electron chi connectivity index (χ0n) is 25.2. The molecule has 2 heterocycles. The largest absolute Gasteiger partial charge is 0.431 e. The van der Waals surface area contributed by atoms with E-state index in [1.807, 2.05) is 84.9 Å². The first-order valence-corrected chi connectivity index (χ1v) is 17.0. The molecule has 7 nitrogen and oxygen atoms in total. The second-order valence-corrected chi connectivity index (χ2v) is 14.3. The third kappa shape index (κ3) is 8.04. The van der Waals surface area contributed by atoms with Crippen LogP contribution in [0.5, 0.6) is 0 Å². The molecule has 0 aliphatic carbocycles. The monoisotopic (exact) mass is 708 g/mol. The molecule has 242 valence electrons. The van der Waals surface area contributed by atoms with Gasteiger partial charge in [0.05, 0.1) is 18.8 Å². The number of hydrogen-bond donors (Lipinski definition) is 2. The third-order valence-electron chi connectivity index (χ3n) is 7.88. The molecule has 1 aliphatic heterocycles. The van der Waals surface area contributed by atoms with Crippen molar-refractivity contribution in [1.29, 1.82) is 0 Å². The highest BCUT2D eigenvalue weighted by molar-refractivity contribution is 7.99. The van der Waals surface area contributed by atoms with Crippen LogP contribution in [0, 0.1) is 5.92 Å². The average Bonchev–Trinajstić information content (AvgIpc) is 3.53.